The molecule has 162 valence electrons. The Morgan fingerprint density at radius 3 is 2.58 bits per heavy atom. The van der Waals surface area contributed by atoms with Crippen LogP contribution in [0.5, 0.6) is 0 Å². The summed E-state index contributed by atoms with van der Waals surface area (Å²) in [6.07, 6.45) is 3.12. The zero-order chi connectivity index (χ0) is 22.8. The number of hydrogen-bond acceptors (Lipinski definition) is 6. The van der Waals surface area contributed by atoms with E-state index in [9.17, 15) is 4.79 Å². The maximum atomic E-state index is 12.8. The molecule has 2 aromatic carbocycles. The highest BCUT2D eigenvalue weighted by Crippen LogP contribution is 2.38. The number of carbonyl (C=O) groups is 1. The highest BCUT2D eigenvalue weighted by atomic mass is 16.4. The Morgan fingerprint density at radius 2 is 1.85 bits per heavy atom. The number of nitrogen functional groups attached to an aromatic ring is 1. The first kappa shape index (κ1) is 20.3. The number of aromatic nitrogens is 1. The highest BCUT2D eigenvalue weighted by Gasteiger charge is 2.24. The summed E-state index contributed by atoms with van der Waals surface area (Å²) >= 11 is 0. The van der Waals surface area contributed by atoms with Gasteiger partial charge >= 0.3 is 5.91 Å². The number of pyridine rings is 1. The van der Waals surface area contributed by atoms with Crippen molar-refractivity contribution in [3.63, 3.8) is 0 Å². The molecule has 0 radical (unpaired) electrons. The molecule has 0 aliphatic rings. The van der Waals surface area contributed by atoms with Gasteiger partial charge in [0.05, 0.1) is 29.2 Å². The molecular formula is C26H20N4O3. The maximum absolute atomic E-state index is 12.8. The summed E-state index contributed by atoms with van der Waals surface area (Å²) in [6, 6.07) is 22.9. The van der Waals surface area contributed by atoms with Gasteiger partial charge in [-0.15, -0.1) is 0 Å². The van der Waals surface area contributed by atoms with Gasteiger partial charge in [0.2, 0.25) is 11.5 Å². The fraction of sp³-hybridized carbons (Fsp3) is 0.0385. The van der Waals surface area contributed by atoms with Crippen molar-refractivity contribution in [3.8, 4) is 22.6 Å². The summed E-state index contributed by atoms with van der Waals surface area (Å²) in [5, 5.41) is 4.51. The van der Waals surface area contributed by atoms with E-state index in [-0.39, 0.29) is 17.2 Å². The van der Waals surface area contributed by atoms with Crippen molar-refractivity contribution in [2.24, 2.45) is 5.10 Å². The standard InChI is InChI=1S/C26H20N4O3/c1-16-9-11-18(12-10-16)20-14-19(21-8-5-13-32-21)22-23(27)24(33-26(22)29-20)25(31)30-28-15-17-6-3-2-4-7-17/h2-15H,27H2,1H3,(H,30,31)/b28-15-. The van der Waals surface area contributed by atoms with Crippen LogP contribution in [0.3, 0.4) is 0 Å². The van der Waals surface area contributed by atoms with E-state index in [1.807, 2.05) is 73.7 Å². The molecule has 0 unspecified atom stereocenters. The lowest BCUT2D eigenvalue weighted by Gasteiger charge is -2.06. The molecule has 0 atom stereocenters. The van der Waals surface area contributed by atoms with Crippen molar-refractivity contribution in [3.05, 3.63) is 95.9 Å². The minimum Gasteiger partial charge on any atom is -0.464 e. The van der Waals surface area contributed by atoms with Crippen LogP contribution < -0.4 is 11.2 Å². The molecule has 33 heavy (non-hydrogen) atoms. The quantitative estimate of drug-likeness (QED) is 0.283. The monoisotopic (exact) mass is 436 g/mol. The number of benzene rings is 2. The number of rotatable bonds is 5. The van der Waals surface area contributed by atoms with Crippen LogP contribution in [0, 0.1) is 6.92 Å². The molecule has 3 N–H and O–H groups in total. The van der Waals surface area contributed by atoms with Crippen LogP contribution in [-0.4, -0.2) is 17.1 Å². The van der Waals surface area contributed by atoms with Crippen LogP contribution >= 0.6 is 0 Å². The number of fused-ring (bicyclic) bond motifs is 1. The smallest absolute Gasteiger partial charge is 0.309 e. The molecular weight excluding hydrogens is 416 g/mol. The Balaban J connectivity index is 1.56. The Labute approximate surface area is 189 Å². The van der Waals surface area contributed by atoms with E-state index in [1.165, 1.54) is 0 Å². The molecule has 0 bridgehead atoms. The van der Waals surface area contributed by atoms with Gasteiger partial charge in [0.15, 0.2) is 0 Å². The Kier molecular flexibility index (Phi) is 5.20. The van der Waals surface area contributed by atoms with Crippen LogP contribution in [0.1, 0.15) is 21.7 Å². The van der Waals surface area contributed by atoms with Gasteiger partial charge in [-0.3, -0.25) is 4.79 Å². The molecule has 0 spiro atoms. The summed E-state index contributed by atoms with van der Waals surface area (Å²) in [5.41, 5.74) is 13.5. The third-order valence-electron chi connectivity index (χ3n) is 5.22. The minimum absolute atomic E-state index is 0.0587. The van der Waals surface area contributed by atoms with Crippen molar-refractivity contribution in [2.75, 3.05) is 5.73 Å². The molecule has 3 aromatic heterocycles. The second-order valence-electron chi connectivity index (χ2n) is 7.53. The van der Waals surface area contributed by atoms with Gasteiger partial charge in [0, 0.05) is 11.1 Å². The predicted octanol–water partition coefficient (Wildman–Crippen LogP) is 5.41. The molecule has 5 rings (SSSR count). The zero-order valence-corrected chi connectivity index (χ0v) is 17.8. The van der Waals surface area contributed by atoms with Crippen LogP contribution in [-0.2, 0) is 0 Å². The molecule has 7 heteroatoms. The third kappa shape index (κ3) is 3.99. The van der Waals surface area contributed by atoms with E-state index in [4.69, 9.17) is 14.6 Å². The van der Waals surface area contributed by atoms with Crippen molar-refractivity contribution >= 4 is 28.9 Å². The SMILES string of the molecule is Cc1ccc(-c2cc(-c3ccco3)c3c(N)c(C(=O)N/N=C\c4ccccc4)oc3n2)cc1. The van der Waals surface area contributed by atoms with Crippen molar-refractivity contribution in [1.29, 1.82) is 0 Å². The number of nitrogens with zero attached hydrogens (tertiary/aromatic N) is 2. The number of nitrogens with one attached hydrogen (secondary N) is 1. The number of amides is 1. The van der Waals surface area contributed by atoms with E-state index in [0.29, 0.717) is 22.4 Å². The van der Waals surface area contributed by atoms with Crippen molar-refractivity contribution in [1.82, 2.24) is 10.4 Å². The fourth-order valence-electron chi connectivity index (χ4n) is 3.54. The number of anilines is 1. The van der Waals surface area contributed by atoms with Gasteiger partial charge < -0.3 is 14.6 Å². The summed E-state index contributed by atoms with van der Waals surface area (Å²) in [4.78, 5) is 17.4. The van der Waals surface area contributed by atoms with Crippen LogP contribution in [0.15, 0.2) is 93.0 Å². The summed E-state index contributed by atoms with van der Waals surface area (Å²) in [5.74, 6) is -0.0335. The number of hydrazone groups is 1. The number of furan rings is 2. The fourth-order valence-corrected chi connectivity index (χ4v) is 3.54. The first-order valence-corrected chi connectivity index (χ1v) is 10.3. The second-order valence-corrected chi connectivity index (χ2v) is 7.53. The Hall–Kier alpha value is -4.65. The summed E-state index contributed by atoms with van der Waals surface area (Å²) in [7, 11) is 0. The number of carbonyl (C=O) groups excluding carboxylic acids is 1. The largest absolute Gasteiger partial charge is 0.464 e. The maximum Gasteiger partial charge on any atom is 0.309 e. The lowest BCUT2D eigenvalue weighted by Crippen LogP contribution is -2.18. The van der Waals surface area contributed by atoms with Gasteiger partial charge in [-0.25, -0.2) is 10.4 Å². The number of nitrogens with two attached hydrogens (primary N) is 1. The second kappa shape index (κ2) is 8.47. The first-order chi connectivity index (χ1) is 16.1. The van der Waals surface area contributed by atoms with Gasteiger partial charge in [-0.05, 0) is 30.7 Å². The van der Waals surface area contributed by atoms with E-state index in [0.717, 1.165) is 16.7 Å². The molecule has 3 heterocycles. The van der Waals surface area contributed by atoms with Gasteiger partial charge in [-0.1, -0.05) is 60.2 Å². The minimum atomic E-state index is -0.569. The molecule has 0 fully saturated rings. The molecule has 5 aromatic rings. The van der Waals surface area contributed by atoms with Crippen LogP contribution in [0.2, 0.25) is 0 Å². The molecule has 0 saturated carbocycles. The first-order valence-electron chi connectivity index (χ1n) is 10.3. The predicted molar refractivity (Wildman–Crippen MR) is 128 cm³/mol. The molecule has 1 amide bonds. The lowest BCUT2D eigenvalue weighted by molar-refractivity contribution is 0.0930. The third-order valence-corrected chi connectivity index (χ3v) is 5.22. The normalized spacial score (nSPS) is 11.3. The van der Waals surface area contributed by atoms with E-state index >= 15 is 0 Å². The van der Waals surface area contributed by atoms with E-state index < -0.39 is 5.91 Å². The topological polar surface area (TPSA) is 107 Å². The molecule has 0 aliphatic carbocycles. The van der Waals surface area contributed by atoms with Crippen molar-refractivity contribution < 1.29 is 13.6 Å². The average Bonchev–Trinajstić information content (AvgIpc) is 3.48. The Bertz CT molecular complexity index is 1450. The zero-order valence-electron chi connectivity index (χ0n) is 17.8. The van der Waals surface area contributed by atoms with Gasteiger partial charge in [-0.2, -0.15) is 5.10 Å². The lowest BCUT2D eigenvalue weighted by atomic mass is 10.0. The number of aryl methyl sites for hydroxylation is 1. The average molecular weight is 436 g/mol. The highest BCUT2D eigenvalue weighted by molar-refractivity contribution is 6.10. The summed E-state index contributed by atoms with van der Waals surface area (Å²) in [6.45, 7) is 2.02. The van der Waals surface area contributed by atoms with Crippen LogP contribution in [0.25, 0.3) is 33.7 Å². The van der Waals surface area contributed by atoms with Gasteiger partial charge in [0.25, 0.3) is 0 Å². The Morgan fingerprint density at radius 1 is 1.06 bits per heavy atom. The van der Waals surface area contributed by atoms with Crippen LogP contribution in [0.4, 0.5) is 5.69 Å². The molecule has 0 aliphatic heterocycles. The van der Waals surface area contributed by atoms with Gasteiger partial charge in [0.1, 0.15) is 5.76 Å². The van der Waals surface area contributed by atoms with E-state index in [1.54, 1.807) is 18.5 Å². The number of hydrogen-bond donors (Lipinski definition) is 2. The molecule has 7 nitrogen and oxygen atoms in total. The molecule has 0 saturated heterocycles. The van der Waals surface area contributed by atoms with Crippen molar-refractivity contribution in [2.45, 2.75) is 6.92 Å². The summed E-state index contributed by atoms with van der Waals surface area (Å²) < 4.78 is 11.5. The van der Waals surface area contributed by atoms with E-state index in [2.05, 4.69) is 15.5 Å².